The lowest BCUT2D eigenvalue weighted by molar-refractivity contribution is 0.285. The maximum Gasteiger partial charge on any atom is 0.175 e. The smallest absolute Gasteiger partial charge is 0.175 e. The van der Waals surface area contributed by atoms with E-state index in [9.17, 15) is 8.42 Å². The van der Waals surface area contributed by atoms with Crippen LogP contribution in [0.3, 0.4) is 0 Å². The van der Waals surface area contributed by atoms with Crippen LogP contribution in [0.15, 0.2) is 29.2 Å². The predicted octanol–water partition coefficient (Wildman–Crippen LogP) is 0.690. The molecule has 0 bridgehead atoms. The van der Waals surface area contributed by atoms with E-state index in [2.05, 4.69) is 0 Å². The molecule has 1 atom stereocenters. The molecule has 0 spiro atoms. The molecule has 0 fully saturated rings. The van der Waals surface area contributed by atoms with E-state index in [4.69, 9.17) is 10.4 Å². The third-order valence-corrected chi connectivity index (χ3v) is 3.20. The molecule has 0 aliphatic rings. The summed E-state index contributed by atoms with van der Waals surface area (Å²) in [6.07, 6.45) is 1.08. The molecule has 0 amide bonds. The Labute approximate surface area is 88.7 Å². The molecule has 1 N–H and O–H groups in total. The zero-order valence-electron chi connectivity index (χ0n) is 8.21. The highest BCUT2D eigenvalue weighted by Gasteiger charge is 2.19. The molecule has 0 aromatic heterocycles. The average Bonchev–Trinajstić information content (AvgIpc) is 2.19. The minimum atomic E-state index is -3.36. The first kappa shape index (κ1) is 11.7. The van der Waals surface area contributed by atoms with Crippen LogP contribution in [-0.2, 0) is 9.84 Å². The fourth-order valence-electron chi connectivity index (χ4n) is 1.31. The Morgan fingerprint density at radius 1 is 1.47 bits per heavy atom. The van der Waals surface area contributed by atoms with E-state index in [1.54, 1.807) is 18.2 Å². The number of rotatable bonds is 3. The van der Waals surface area contributed by atoms with Crippen molar-refractivity contribution in [1.29, 1.82) is 5.26 Å². The van der Waals surface area contributed by atoms with Crippen LogP contribution in [0.4, 0.5) is 0 Å². The second-order valence-corrected chi connectivity index (χ2v) is 5.16. The third-order valence-electron chi connectivity index (χ3n) is 2.03. The summed E-state index contributed by atoms with van der Waals surface area (Å²) in [4.78, 5) is 0.102. The van der Waals surface area contributed by atoms with Crippen LogP contribution < -0.4 is 0 Å². The van der Waals surface area contributed by atoms with Crippen LogP contribution in [0.25, 0.3) is 0 Å². The Kier molecular flexibility index (Phi) is 3.45. The van der Waals surface area contributed by atoms with Gasteiger partial charge in [-0.2, -0.15) is 5.26 Å². The van der Waals surface area contributed by atoms with Crippen molar-refractivity contribution < 1.29 is 13.5 Å². The molecular weight excluding hydrogens is 214 g/mol. The monoisotopic (exact) mass is 225 g/mol. The van der Waals surface area contributed by atoms with E-state index >= 15 is 0 Å². The second kappa shape index (κ2) is 4.43. The van der Waals surface area contributed by atoms with Crippen molar-refractivity contribution >= 4 is 9.84 Å². The van der Waals surface area contributed by atoms with Gasteiger partial charge in [0.1, 0.15) is 0 Å². The van der Waals surface area contributed by atoms with Crippen LogP contribution in [0, 0.1) is 11.3 Å². The van der Waals surface area contributed by atoms with Crippen LogP contribution in [-0.4, -0.2) is 26.4 Å². The Bertz CT molecular complexity index is 488. The minimum Gasteiger partial charge on any atom is -0.395 e. The molecular formula is C10H11NO3S. The predicted molar refractivity (Wildman–Crippen MR) is 55.0 cm³/mol. The number of hydrogen-bond donors (Lipinski definition) is 1. The van der Waals surface area contributed by atoms with Gasteiger partial charge in [-0.15, -0.1) is 0 Å². The van der Waals surface area contributed by atoms with E-state index in [1.165, 1.54) is 6.07 Å². The summed E-state index contributed by atoms with van der Waals surface area (Å²) in [5.74, 6) is -0.795. The van der Waals surface area contributed by atoms with Crippen molar-refractivity contribution in [3.8, 4) is 6.07 Å². The lowest BCUT2D eigenvalue weighted by Crippen LogP contribution is -2.08. The first-order valence-electron chi connectivity index (χ1n) is 4.30. The van der Waals surface area contributed by atoms with Crippen molar-refractivity contribution in [3.63, 3.8) is 0 Å². The van der Waals surface area contributed by atoms with Crippen molar-refractivity contribution in [1.82, 2.24) is 0 Å². The molecule has 1 unspecified atom stereocenters. The molecule has 0 saturated heterocycles. The van der Waals surface area contributed by atoms with E-state index in [0.717, 1.165) is 6.26 Å². The molecule has 4 nitrogen and oxygen atoms in total. The normalized spacial score (nSPS) is 13.1. The van der Waals surface area contributed by atoms with Gasteiger partial charge in [-0.3, -0.25) is 0 Å². The van der Waals surface area contributed by atoms with Crippen molar-refractivity contribution in [2.45, 2.75) is 10.8 Å². The molecule has 5 heteroatoms. The number of sulfone groups is 1. The number of aliphatic hydroxyl groups is 1. The van der Waals surface area contributed by atoms with Crippen LogP contribution in [0.5, 0.6) is 0 Å². The molecule has 0 aliphatic heterocycles. The highest BCUT2D eigenvalue weighted by Crippen LogP contribution is 2.23. The maximum atomic E-state index is 11.4. The molecule has 15 heavy (non-hydrogen) atoms. The highest BCUT2D eigenvalue weighted by atomic mass is 32.2. The van der Waals surface area contributed by atoms with Crippen molar-refractivity contribution in [2.24, 2.45) is 0 Å². The Morgan fingerprint density at radius 2 is 2.07 bits per heavy atom. The topological polar surface area (TPSA) is 78.2 Å². The number of nitriles is 1. The minimum absolute atomic E-state index is 0.102. The van der Waals surface area contributed by atoms with Gasteiger partial charge in [0.2, 0.25) is 0 Å². The molecule has 0 saturated carbocycles. The van der Waals surface area contributed by atoms with Gasteiger partial charge in [0.15, 0.2) is 9.84 Å². The number of benzene rings is 1. The second-order valence-electron chi connectivity index (χ2n) is 3.17. The fourth-order valence-corrected chi connectivity index (χ4v) is 2.28. The number of aliphatic hydroxyl groups excluding tert-OH is 1. The molecule has 1 aromatic carbocycles. The molecule has 0 aliphatic carbocycles. The Balaban J connectivity index is 3.38. The number of nitrogens with zero attached hydrogens (tertiary/aromatic N) is 1. The van der Waals surface area contributed by atoms with Crippen molar-refractivity contribution in [2.75, 3.05) is 12.9 Å². The average molecular weight is 225 g/mol. The maximum absolute atomic E-state index is 11.4. The van der Waals surface area contributed by atoms with Gasteiger partial charge in [-0.25, -0.2) is 8.42 Å². The van der Waals surface area contributed by atoms with Crippen molar-refractivity contribution in [3.05, 3.63) is 29.8 Å². The van der Waals surface area contributed by atoms with Gasteiger partial charge in [-0.05, 0) is 11.6 Å². The lowest BCUT2D eigenvalue weighted by atomic mass is 10.0. The summed E-state index contributed by atoms with van der Waals surface area (Å²) in [6.45, 7) is -0.386. The van der Waals surface area contributed by atoms with E-state index in [0.29, 0.717) is 5.56 Å². The van der Waals surface area contributed by atoms with Gasteiger partial charge in [0.05, 0.1) is 23.5 Å². The first-order valence-corrected chi connectivity index (χ1v) is 6.19. The van der Waals surface area contributed by atoms with Gasteiger partial charge < -0.3 is 5.11 Å². The molecule has 1 aromatic rings. The lowest BCUT2D eigenvalue weighted by Gasteiger charge is -2.10. The fraction of sp³-hybridized carbons (Fsp3) is 0.300. The zero-order valence-corrected chi connectivity index (χ0v) is 9.03. The Hall–Kier alpha value is -1.38. The summed E-state index contributed by atoms with van der Waals surface area (Å²) in [6, 6.07) is 8.08. The summed E-state index contributed by atoms with van der Waals surface area (Å²) >= 11 is 0. The largest absolute Gasteiger partial charge is 0.395 e. The Morgan fingerprint density at radius 3 is 2.53 bits per heavy atom. The van der Waals surface area contributed by atoms with Crippen LogP contribution >= 0.6 is 0 Å². The van der Waals surface area contributed by atoms with Gasteiger partial charge >= 0.3 is 0 Å². The van der Waals surface area contributed by atoms with E-state index in [1.807, 2.05) is 6.07 Å². The molecule has 0 heterocycles. The zero-order chi connectivity index (χ0) is 11.5. The van der Waals surface area contributed by atoms with Gasteiger partial charge in [0.25, 0.3) is 0 Å². The molecule has 1 rings (SSSR count). The summed E-state index contributed by atoms with van der Waals surface area (Å²) in [5, 5.41) is 17.7. The van der Waals surface area contributed by atoms with Gasteiger partial charge in [0, 0.05) is 6.26 Å². The first-order chi connectivity index (χ1) is 7.00. The van der Waals surface area contributed by atoms with Crippen LogP contribution in [0.1, 0.15) is 11.5 Å². The quantitative estimate of drug-likeness (QED) is 0.820. The third kappa shape index (κ3) is 2.55. The number of hydrogen-bond acceptors (Lipinski definition) is 4. The summed E-state index contributed by atoms with van der Waals surface area (Å²) in [7, 11) is -3.36. The van der Waals surface area contributed by atoms with E-state index < -0.39 is 15.8 Å². The van der Waals surface area contributed by atoms with Gasteiger partial charge in [-0.1, -0.05) is 18.2 Å². The summed E-state index contributed by atoms with van der Waals surface area (Å²) < 4.78 is 22.8. The summed E-state index contributed by atoms with van der Waals surface area (Å²) in [5.41, 5.74) is 0.352. The van der Waals surface area contributed by atoms with E-state index in [-0.39, 0.29) is 11.5 Å². The van der Waals surface area contributed by atoms with Crippen LogP contribution in [0.2, 0.25) is 0 Å². The highest BCUT2D eigenvalue weighted by molar-refractivity contribution is 7.90. The molecule has 80 valence electrons. The SMILES string of the molecule is CS(=O)(=O)c1ccccc1C(C#N)CO. The standard InChI is InChI=1S/C10H11NO3S/c1-15(13,14)10-5-3-2-4-9(10)8(6-11)7-12/h2-5,8,12H,7H2,1H3. The molecule has 0 radical (unpaired) electrons.